The zero-order chi connectivity index (χ0) is 17.4. The molecule has 2 aromatic carbocycles. The van der Waals surface area contributed by atoms with Crippen molar-refractivity contribution in [3.8, 4) is 0 Å². The molecule has 0 aromatic heterocycles. The Labute approximate surface area is 144 Å². The first kappa shape index (κ1) is 17.7. The molecule has 2 aromatic rings. The third-order valence-electron chi connectivity index (χ3n) is 3.79. The Bertz CT molecular complexity index is 626. The Morgan fingerprint density at radius 1 is 0.917 bits per heavy atom. The SMILES string of the molecule is CN(C)c1ccc(NC(=O)NCCCN(C)c2ccccc2)cc1. The first-order valence-electron chi connectivity index (χ1n) is 8.14. The van der Waals surface area contributed by atoms with Crippen molar-refractivity contribution in [1.29, 1.82) is 0 Å². The molecule has 0 saturated carbocycles. The van der Waals surface area contributed by atoms with Gasteiger partial charge in [-0.3, -0.25) is 0 Å². The number of urea groups is 1. The molecule has 0 unspecified atom stereocenters. The maximum Gasteiger partial charge on any atom is 0.319 e. The van der Waals surface area contributed by atoms with E-state index < -0.39 is 0 Å². The van der Waals surface area contributed by atoms with Crippen molar-refractivity contribution in [2.45, 2.75) is 6.42 Å². The van der Waals surface area contributed by atoms with E-state index in [0.717, 1.165) is 24.3 Å². The molecule has 0 aliphatic carbocycles. The van der Waals surface area contributed by atoms with Crippen LogP contribution in [0.15, 0.2) is 54.6 Å². The smallest absolute Gasteiger partial charge is 0.319 e. The van der Waals surface area contributed by atoms with Gasteiger partial charge < -0.3 is 20.4 Å². The van der Waals surface area contributed by atoms with E-state index in [1.807, 2.05) is 61.5 Å². The van der Waals surface area contributed by atoms with E-state index in [2.05, 4.69) is 34.7 Å². The molecule has 0 bridgehead atoms. The number of para-hydroxylation sites is 1. The quantitative estimate of drug-likeness (QED) is 0.767. The number of hydrogen-bond donors (Lipinski definition) is 2. The molecular formula is C19H26N4O. The van der Waals surface area contributed by atoms with Crippen molar-refractivity contribution in [3.63, 3.8) is 0 Å². The molecule has 0 saturated heterocycles. The van der Waals surface area contributed by atoms with Gasteiger partial charge in [0.2, 0.25) is 0 Å². The molecule has 24 heavy (non-hydrogen) atoms. The molecule has 0 spiro atoms. The molecule has 2 rings (SSSR count). The number of nitrogens with one attached hydrogen (secondary N) is 2. The van der Waals surface area contributed by atoms with E-state index >= 15 is 0 Å². The Balaban J connectivity index is 1.68. The number of nitrogens with zero attached hydrogens (tertiary/aromatic N) is 2. The van der Waals surface area contributed by atoms with Crippen LogP contribution >= 0.6 is 0 Å². The van der Waals surface area contributed by atoms with E-state index in [-0.39, 0.29) is 6.03 Å². The van der Waals surface area contributed by atoms with Gasteiger partial charge in [0.25, 0.3) is 0 Å². The van der Waals surface area contributed by atoms with Crippen LogP contribution in [-0.2, 0) is 0 Å². The summed E-state index contributed by atoms with van der Waals surface area (Å²) in [5.74, 6) is 0. The van der Waals surface area contributed by atoms with Crippen LogP contribution in [0.25, 0.3) is 0 Å². The van der Waals surface area contributed by atoms with Gasteiger partial charge >= 0.3 is 6.03 Å². The lowest BCUT2D eigenvalue weighted by Gasteiger charge is -2.19. The van der Waals surface area contributed by atoms with Gasteiger partial charge in [0.15, 0.2) is 0 Å². The van der Waals surface area contributed by atoms with Gasteiger partial charge in [0.1, 0.15) is 0 Å². The van der Waals surface area contributed by atoms with Crippen LogP contribution < -0.4 is 20.4 Å². The minimum absolute atomic E-state index is 0.171. The largest absolute Gasteiger partial charge is 0.378 e. The maximum atomic E-state index is 11.9. The molecule has 0 fully saturated rings. The number of hydrogen-bond acceptors (Lipinski definition) is 3. The fourth-order valence-corrected chi connectivity index (χ4v) is 2.35. The van der Waals surface area contributed by atoms with Crippen molar-refractivity contribution in [2.24, 2.45) is 0 Å². The molecule has 2 amide bonds. The minimum atomic E-state index is -0.171. The summed E-state index contributed by atoms with van der Waals surface area (Å²) in [4.78, 5) is 16.1. The number of anilines is 3. The number of carbonyl (C=O) groups excluding carboxylic acids is 1. The third-order valence-corrected chi connectivity index (χ3v) is 3.79. The van der Waals surface area contributed by atoms with E-state index in [0.29, 0.717) is 6.54 Å². The highest BCUT2D eigenvalue weighted by Crippen LogP contribution is 2.15. The van der Waals surface area contributed by atoms with Crippen LogP contribution in [0.5, 0.6) is 0 Å². The van der Waals surface area contributed by atoms with Crippen molar-refractivity contribution < 1.29 is 4.79 Å². The highest BCUT2D eigenvalue weighted by Gasteiger charge is 2.03. The zero-order valence-corrected chi connectivity index (χ0v) is 14.6. The lowest BCUT2D eigenvalue weighted by atomic mass is 10.2. The summed E-state index contributed by atoms with van der Waals surface area (Å²) >= 11 is 0. The molecule has 0 radical (unpaired) electrons. The van der Waals surface area contributed by atoms with Gasteiger partial charge in [0.05, 0.1) is 0 Å². The van der Waals surface area contributed by atoms with Crippen molar-refractivity contribution in [1.82, 2.24) is 5.32 Å². The van der Waals surface area contributed by atoms with Crippen LogP contribution in [-0.4, -0.2) is 40.3 Å². The van der Waals surface area contributed by atoms with Crippen LogP contribution in [0.4, 0.5) is 21.9 Å². The number of carbonyl (C=O) groups is 1. The van der Waals surface area contributed by atoms with Crippen LogP contribution in [0.2, 0.25) is 0 Å². The maximum absolute atomic E-state index is 11.9. The highest BCUT2D eigenvalue weighted by molar-refractivity contribution is 5.89. The Kier molecular flexibility index (Phi) is 6.49. The van der Waals surface area contributed by atoms with Gasteiger partial charge in [0, 0.05) is 51.3 Å². The topological polar surface area (TPSA) is 47.6 Å². The molecule has 0 atom stereocenters. The van der Waals surface area contributed by atoms with Crippen LogP contribution in [0.3, 0.4) is 0 Å². The number of benzene rings is 2. The van der Waals surface area contributed by atoms with Crippen molar-refractivity contribution >= 4 is 23.1 Å². The van der Waals surface area contributed by atoms with E-state index in [4.69, 9.17) is 0 Å². The predicted molar refractivity (Wildman–Crippen MR) is 102 cm³/mol. The molecule has 2 N–H and O–H groups in total. The van der Waals surface area contributed by atoms with Crippen molar-refractivity contribution in [2.75, 3.05) is 49.3 Å². The molecule has 0 aliphatic heterocycles. The second-order valence-electron chi connectivity index (χ2n) is 5.93. The van der Waals surface area contributed by atoms with Gasteiger partial charge in [-0.25, -0.2) is 4.79 Å². The zero-order valence-electron chi connectivity index (χ0n) is 14.6. The average molecular weight is 326 g/mol. The summed E-state index contributed by atoms with van der Waals surface area (Å²) in [5.41, 5.74) is 3.08. The number of rotatable bonds is 7. The Hall–Kier alpha value is -2.69. The van der Waals surface area contributed by atoms with Gasteiger partial charge in [-0.05, 0) is 42.8 Å². The second kappa shape index (κ2) is 8.82. The fraction of sp³-hybridized carbons (Fsp3) is 0.316. The van der Waals surface area contributed by atoms with Crippen LogP contribution in [0.1, 0.15) is 6.42 Å². The average Bonchev–Trinajstić information content (AvgIpc) is 2.59. The second-order valence-corrected chi connectivity index (χ2v) is 5.93. The predicted octanol–water partition coefficient (Wildman–Crippen LogP) is 3.40. The summed E-state index contributed by atoms with van der Waals surface area (Å²) in [6, 6.07) is 17.8. The summed E-state index contributed by atoms with van der Waals surface area (Å²) in [5, 5.41) is 5.73. The standard InChI is InChI=1S/C19H26N4O/c1-22(2)17-12-10-16(11-13-17)21-19(24)20-14-7-15-23(3)18-8-5-4-6-9-18/h4-6,8-13H,7,14-15H2,1-3H3,(H2,20,21,24). The molecular weight excluding hydrogens is 300 g/mol. The number of amides is 2. The van der Waals surface area contributed by atoms with Gasteiger partial charge in [-0.2, -0.15) is 0 Å². The van der Waals surface area contributed by atoms with Crippen molar-refractivity contribution in [3.05, 3.63) is 54.6 Å². The first-order valence-corrected chi connectivity index (χ1v) is 8.14. The Morgan fingerprint density at radius 3 is 2.21 bits per heavy atom. The first-order chi connectivity index (χ1) is 11.6. The minimum Gasteiger partial charge on any atom is -0.378 e. The van der Waals surface area contributed by atoms with E-state index in [9.17, 15) is 4.79 Å². The summed E-state index contributed by atoms with van der Waals surface area (Å²) in [6.07, 6.45) is 0.887. The summed E-state index contributed by atoms with van der Waals surface area (Å²) in [6.45, 7) is 1.53. The molecule has 0 aliphatic rings. The lowest BCUT2D eigenvalue weighted by Crippen LogP contribution is -2.31. The van der Waals surface area contributed by atoms with Gasteiger partial charge in [-0.15, -0.1) is 0 Å². The Morgan fingerprint density at radius 2 is 1.58 bits per heavy atom. The third kappa shape index (κ3) is 5.50. The van der Waals surface area contributed by atoms with E-state index in [1.54, 1.807) is 0 Å². The normalized spacial score (nSPS) is 10.1. The molecule has 0 heterocycles. The summed E-state index contributed by atoms with van der Waals surface area (Å²) < 4.78 is 0. The highest BCUT2D eigenvalue weighted by atomic mass is 16.2. The molecule has 5 nitrogen and oxygen atoms in total. The fourth-order valence-electron chi connectivity index (χ4n) is 2.35. The van der Waals surface area contributed by atoms with Crippen LogP contribution in [0, 0.1) is 0 Å². The molecule has 128 valence electrons. The monoisotopic (exact) mass is 326 g/mol. The van der Waals surface area contributed by atoms with E-state index in [1.165, 1.54) is 5.69 Å². The van der Waals surface area contributed by atoms with Gasteiger partial charge in [-0.1, -0.05) is 18.2 Å². The molecule has 5 heteroatoms. The summed E-state index contributed by atoms with van der Waals surface area (Å²) in [7, 11) is 6.03. The lowest BCUT2D eigenvalue weighted by molar-refractivity contribution is 0.252.